The molecule has 1 heterocycles. The summed E-state index contributed by atoms with van der Waals surface area (Å²) in [4.78, 5) is 3.81. The van der Waals surface area contributed by atoms with Crippen LogP contribution in [0.4, 0.5) is 23.4 Å². The van der Waals surface area contributed by atoms with E-state index in [0.717, 1.165) is 0 Å². The Morgan fingerprint density at radius 1 is 1.05 bits per heavy atom. The molecule has 0 bridgehead atoms. The molecule has 0 amide bonds. The normalized spacial score (nSPS) is 10.5. The standard InChI is InChI=1S/C12H8F4N2O/c13-7-4-8(14)11(16)12(10(7)15)19-5-6-2-1-3-9(17)18-6/h1-4H,5H2,(H2,17,18). The van der Waals surface area contributed by atoms with Gasteiger partial charge in [-0.25, -0.2) is 13.8 Å². The molecule has 0 unspecified atom stereocenters. The van der Waals surface area contributed by atoms with Gasteiger partial charge in [0.1, 0.15) is 12.4 Å². The first-order chi connectivity index (χ1) is 8.99. The van der Waals surface area contributed by atoms with Crippen LogP contribution < -0.4 is 10.5 Å². The van der Waals surface area contributed by atoms with Crippen molar-refractivity contribution in [3.63, 3.8) is 0 Å². The summed E-state index contributed by atoms with van der Waals surface area (Å²) < 4.78 is 57.1. The van der Waals surface area contributed by atoms with Gasteiger partial charge in [0, 0.05) is 6.07 Å². The maximum atomic E-state index is 13.3. The minimum absolute atomic E-state index is 0.107. The summed E-state index contributed by atoms with van der Waals surface area (Å²) in [5, 5.41) is 0. The molecule has 0 aliphatic rings. The zero-order valence-corrected chi connectivity index (χ0v) is 9.46. The second-order valence-electron chi connectivity index (χ2n) is 3.64. The number of benzene rings is 1. The number of pyridine rings is 1. The lowest BCUT2D eigenvalue weighted by Gasteiger charge is -2.09. The number of anilines is 1. The van der Waals surface area contributed by atoms with Crippen LogP contribution in [-0.4, -0.2) is 4.98 Å². The van der Waals surface area contributed by atoms with Crippen molar-refractivity contribution in [1.82, 2.24) is 4.98 Å². The van der Waals surface area contributed by atoms with Crippen molar-refractivity contribution in [2.45, 2.75) is 6.61 Å². The SMILES string of the molecule is Nc1cccc(COc2c(F)c(F)cc(F)c2F)n1. The molecule has 19 heavy (non-hydrogen) atoms. The summed E-state index contributed by atoms with van der Waals surface area (Å²) in [5.41, 5.74) is 5.67. The van der Waals surface area contributed by atoms with E-state index in [0.29, 0.717) is 0 Å². The molecule has 0 aliphatic carbocycles. The number of halogens is 4. The largest absolute Gasteiger partial charge is 0.481 e. The Hall–Kier alpha value is -2.31. The summed E-state index contributed by atoms with van der Waals surface area (Å²) in [6.45, 7) is -0.373. The van der Waals surface area contributed by atoms with Crippen LogP contribution in [0.3, 0.4) is 0 Å². The first-order valence-corrected chi connectivity index (χ1v) is 5.16. The molecule has 1 aromatic heterocycles. The number of nitrogens with zero attached hydrogens (tertiary/aromatic N) is 1. The van der Waals surface area contributed by atoms with Gasteiger partial charge in [-0.05, 0) is 12.1 Å². The molecule has 2 rings (SSSR count). The number of nitrogen functional groups attached to an aromatic ring is 1. The lowest BCUT2D eigenvalue weighted by Crippen LogP contribution is -2.05. The van der Waals surface area contributed by atoms with Crippen LogP contribution in [0.5, 0.6) is 5.75 Å². The summed E-state index contributed by atoms with van der Waals surface area (Å²) in [6, 6.07) is 4.66. The van der Waals surface area contributed by atoms with Crippen molar-refractivity contribution in [3.8, 4) is 5.75 Å². The van der Waals surface area contributed by atoms with E-state index in [4.69, 9.17) is 10.5 Å². The zero-order chi connectivity index (χ0) is 14.0. The van der Waals surface area contributed by atoms with E-state index in [2.05, 4.69) is 4.98 Å². The second-order valence-corrected chi connectivity index (χ2v) is 3.64. The van der Waals surface area contributed by atoms with E-state index in [-0.39, 0.29) is 24.2 Å². The minimum Gasteiger partial charge on any atom is -0.481 e. The first kappa shape index (κ1) is 13.1. The number of hydrogen-bond acceptors (Lipinski definition) is 3. The highest BCUT2D eigenvalue weighted by Gasteiger charge is 2.20. The molecule has 1 aromatic carbocycles. The van der Waals surface area contributed by atoms with Crippen molar-refractivity contribution < 1.29 is 22.3 Å². The van der Waals surface area contributed by atoms with Crippen LogP contribution in [0, 0.1) is 23.3 Å². The van der Waals surface area contributed by atoms with Crippen LogP contribution >= 0.6 is 0 Å². The third-order valence-corrected chi connectivity index (χ3v) is 2.26. The van der Waals surface area contributed by atoms with E-state index in [1.165, 1.54) is 12.1 Å². The van der Waals surface area contributed by atoms with E-state index in [9.17, 15) is 17.6 Å². The summed E-state index contributed by atoms with van der Waals surface area (Å²) >= 11 is 0. The highest BCUT2D eigenvalue weighted by Crippen LogP contribution is 2.27. The lowest BCUT2D eigenvalue weighted by atomic mass is 10.3. The van der Waals surface area contributed by atoms with Crippen molar-refractivity contribution in [1.29, 1.82) is 0 Å². The third kappa shape index (κ3) is 2.75. The van der Waals surface area contributed by atoms with Crippen molar-refractivity contribution >= 4 is 5.82 Å². The average Bonchev–Trinajstić information content (AvgIpc) is 2.36. The van der Waals surface area contributed by atoms with Gasteiger partial charge in [-0.3, -0.25) is 0 Å². The quantitative estimate of drug-likeness (QED) is 0.690. The minimum atomic E-state index is -1.59. The van der Waals surface area contributed by atoms with Gasteiger partial charge in [-0.2, -0.15) is 8.78 Å². The third-order valence-electron chi connectivity index (χ3n) is 2.26. The Bertz CT molecular complexity index is 593. The molecule has 0 saturated carbocycles. The highest BCUT2D eigenvalue weighted by molar-refractivity contribution is 5.30. The fourth-order valence-corrected chi connectivity index (χ4v) is 1.40. The number of hydrogen-bond donors (Lipinski definition) is 1. The molecule has 0 spiro atoms. The van der Waals surface area contributed by atoms with Gasteiger partial charge in [0.2, 0.25) is 11.6 Å². The Kier molecular flexibility index (Phi) is 3.55. The monoisotopic (exact) mass is 272 g/mol. The molecule has 100 valence electrons. The number of aromatic nitrogens is 1. The van der Waals surface area contributed by atoms with Gasteiger partial charge < -0.3 is 10.5 Å². The average molecular weight is 272 g/mol. The van der Waals surface area contributed by atoms with Gasteiger partial charge in [0.25, 0.3) is 0 Å². The van der Waals surface area contributed by atoms with E-state index >= 15 is 0 Å². The lowest BCUT2D eigenvalue weighted by molar-refractivity contribution is 0.258. The molecule has 0 atom stereocenters. The van der Waals surface area contributed by atoms with Crippen LogP contribution in [-0.2, 0) is 6.61 Å². The summed E-state index contributed by atoms with van der Waals surface area (Å²) in [6.07, 6.45) is 0. The molecule has 2 aromatic rings. The summed E-state index contributed by atoms with van der Waals surface area (Å²) in [5.74, 6) is -7.19. The van der Waals surface area contributed by atoms with Crippen LogP contribution in [0.2, 0.25) is 0 Å². The van der Waals surface area contributed by atoms with Gasteiger partial charge >= 0.3 is 0 Å². The number of rotatable bonds is 3. The smallest absolute Gasteiger partial charge is 0.203 e. The van der Waals surface area contributed by atoms with Crippen molar-refractivity contribution in [3.05, 3.63) is 53.2 Å². The Labute approximate surface area is 105 Å². The summed E-state index contributed by atoms with van der Waals surface area (Å²) in [7, 11) is 0. The maximum Gasteiger partial charge on any atom is 0.203 e. The van der Waals surface area contributed by atoms with Gasteiger partial charge in [-0.15, -0.1) is 0 Å². The van der Waals surface area contributed by atoms with Crippen molar-refractivity contribution in [2.75, 3.05) is 5.73 Å². The molecule has 2 N–H and O–H groups in total. The fraction of sp³-hybridized carbons (Fsp3) is 0.0833. The van der Waals surface area contributed by atoms with Crippen LogP contribution in [0.1, 0.15) is 5.69 Å². The van der Waals surface area contributed by atoms with Gasteiger partial charge in [-0.1, -0.05) is 6.07 Å². The fourth-order valence-electron chi connectivity index (χ4n) is 1.40. The topological polar surface area (TPSA) is 48.1 Å². The predicted octanol–water partition coefficient (Wildman–Crippen LogP) is 2.80. The van der Waals surface area contributed by atoms with Crippen LogP contribution in [0.15, 0.2) is 24.3 Å². The Balaban J connectivity index is 2.25. The molecular formula is C12H8F4N2O. The van der Waals surface area contributed by atoms with E-state index < -0.39 is 29.0 Å². The molecule has 0 fully saturated rings. The Morgan fingerprint density at radius 2 is 1.68 bits per heavy atom. The number of ether oxygens (including phenoxy) is 1. The van der Waals surface area contributed by atoms with Gasteiger partial charge in [0.05, 0.1) is 5.69 Å². The van der Waals surface area contributed by atoms with Crippen LogP contribution in [0.25, 0.3) is 0 Å². The molecule has 0 aliphatic heterocycles. The second kappa shape index (κ2) is 5.13. The zero-order valence-electron chi connectivity index (χ0n) is 9.46. The molecule has 7 heteroatoms. The van der Waals surface area contributed by atoms with Crippen molar-refractivity contribution in [2.24, 2.45) is 0 Å². The molecule has 0 radical (unpaired) electrons. The number of nitrogens with two attached hydrogens (primary N) is 1. The Morgan fingerprint density at radius 3 is 2.26 bits per heavy atom. The molecular weight excluding hydrogens is 264 g/mol. The van der Waals surface area contributed by atoms with E-state index in [1.54, 1.807) is 6.07 Å². The molecule has 3 nitrogen and oxygen atoms in total. The predicted molar refractivity (Wildman–Crippen MR) is 59.3 cm³/mol. The highest BCUT2D eigenvalue weighted by atomic mass is 19.2. The molecule has 0 saturated heterocycles. The van der Waals surface area contributed by atoms with E-state index in [1.807, 2.05) is 0 Å². The first-order valence-electron chi connectivity index (χ1n) is 5.16. The maximum absolute atomic E-state index is 13.3. The van der Waals surface area contributed by atoms with Gasteiger partial charge in [0.15, 0.2) is 17.4 Å².